The minimum absolute atomic E-state index is 0.141. The third-order valence-corrected chi connectivity index (χ3v) is 5.91. The minimum atomic E-state index is -3.08. The van der Waals surface area contributed by atoms with Crippen molar-refractivity contribution in [2.75, 3.05) is 12.3 Å². The van der Waals surface area contributed by atoms with E-state index in [1.165, 1.54) is 0 Å². The summed E-state index contributed by atoms with van der Waals surface area (Å²) in [5, 5.41) is 3.47. The van der Waals surface area contributed by atoms with Gasteiger partial charge in [-0.15, -0.1) is 0 Å². The van der Waals surface area contributed by atoms with Gasteiger partial charge in [0.25, 0.3) is 0 Å². The molecule has 0 bridgehead atoms. The maximum Gasteiger partial charge on any atom is 0.179 e. The van der Waals surface area contributed by atoms with E-state index in [1.807, 2.05) is 18.2 Å². The lowest BCUT2D eigenvalue weighted by Gasteiger charge is -2.24. The normalized spacial score (nSPS) is 21.9. The van der Waals surface area contributed by atoms with Crippen molar-refractivity contribution in [3.8, 4) is 0 Å². The third kappa shape index (κ3) is 3.23. The number of hydrogen-bond donors (Lipinski definition) is 1. The van der Waals surface area contributed by atoms with Gasteiger partial charge in [-0.2, -0.15) is 0 Å². The van der Waals surface area contributed by atoms with E-state index >= 15 is 0 Å². The van der Waals surface area contributed by atoms with Crippen LogP contribution in [0.3, 0.4) is 0 Å². The van der Waals surface area contributed by atoms with Crippen LogP contribution >= 0.6 is 0 Å². The van der Waals surface area contributed by atoms with E-state index in [9.17, 15) is 8.42 Å². The van der Waals surface area contributed by atoms with Gasteiger partial charge in [0.1, 0.15) is 0 Å². The van der Waals surface area contributed by atoms with Crippen molar-refractivity contribution in [3.63, 3.8) is 0 Å². The van der Waals surface area contributed by atoms with E-state index < -0.39 is 9.84 Å². The predicted octanol–water partition coefficient (Wildman–Crippen LogP) is 2.97. The molecule has 2 atom stereocenters. The summed E-state index contributed by atoms with van der Waals surface area (Å²) in [5.41, 5.74) is 1.02. The summed E-state index contributed by atoms with van der Waals surface area (Å²) >= 11 is 0. The Balaban J connectivity index is 2.27. The molecule has 1 aromatic rings. The molecule has 4 heteroatoms. The molecular weight excluding hydrogens is 270 g/mol. The fourth-order valence-electron chi connectivity index (χ4n) is 3.08. The molecule has 112 valence electrons. The van der Waals surface area contributed by atoms with Crippen molar-refractivity contribution in [3.05, 3.63) is 29.8 Å². The van der Waals surface area contributed by atoms with E-state index in [0.717, 1.165) is 24.9 Å². The highest BCUT2D eigenvalue weighted by Gasteiger charge is 2.38. The molecule has 2 rings (SSSR count). The number of fused-ring (bicyclic) bond motifs is 1. The van der Waals surface area contributed by atoms with Crippen LogP contribution in [-0.4, -0.2) is 26.8 Å². The van der Waals surface area contributed by atoms with Crippen LogP contribution in [0.1, 0.15) is 45.1 Å². The predicted molar refractivity (Wildman–Crippen MR) is 82.8 cm³/mol. The molecule has 0 aromatic heterocycles. The second-order valence-electron chi connectivity index (χ2n) is 6.04. The standard InChI is InChI=1S/C16H25NO2S/c1-4-7-13(10-17-12(2)3)15-11-20(18,19)16-9-6-5-8-14(15)16/h5-6,8-9,12-13,15,17H,4,7,10-11H2,1-3H3. The quantitative estimate of drug-likeness (QED) is 0.877. The van der Waals surface area contributed by atoms with Gasteiger partial charge in [-0.05, 0) is 30.5 Å². The number of hydrogen-bond acceptors (Lipinski definition) is 3. The largest absolute Gasteiger partial charge is 0.314 e. The molecular formula is C16H25NO2S. The van der Waals surface area contributed by atoms with Crippen LogP contribution in [0.4, 0.5) is 0 Å². The van der Waals surface area contributed by atoms with Crippen molar-refractivity contribution in [2.24, 2.45) is 5.92 Å². The fourth-order valence-corrected chi connectivity index (χ4v) is 5.05. The van der Waals surface area contributed by atoms with Crippen LogP contribution in [0.25, 0.3) is 0 Å². The monoisotopic (exact) mass is 295 g/mol. The van der Waals surface area contributed by atoms with E-state index in [1.54, 1.807) is 6.07 Å². The molecule has 0 fully saturated rings. The Morgan fingerprint density at radius 3 is 2.65 bits per heavy atom. The van der Waals surface area contributed by atoms with E-state index in [0.29, 0.717) is 16.9 Å². The zero-order valence-electron chi connectivity index (χ0n) is 12.6. The van der Waals surface area contributed by atoms with E-state index in [2.05, 4.69) is 26.1 Å². The van der Waals surface area contributed by atoms with Crippen LogP contribution in [0.15, 0.2) is 29.2 Å². The first-order valence-corrected chi connectivity index (χ1v) is 9.16. The molecule has 0 aliphatic carbocycles. The van der Waals surface area contributed by atoms with Crippen molar-refractivity contribution >= 4 is 9.84 Å². The Morgan fingerprint density at radius 2 is 2.00 bits per heavy atom. The summed E-state index contributed by atoms with van der Waals surface area (Å²) in [6.07, 6.45) is 2.15. The molecule has 1 N–H and O–H groups in total. The zero-order chi connectivity index (χ0) is 14.8. The minimum Gasteiger partial charge on any atom is -0.314 e. The van der Waals surface area contributed by atoms with Gasteiger partial charge in [0.05, 0.1) is 10.6 Å². The van der Waals surface area contributed by atoms with Crippen molar-refractivity contribution in [1.29, 1.82) is 0 Å². The second-order valence-corrected chi connectivity index (χ2v) is 8.04. The summed E-state index contributed by atoms with van der Waals surface area (Å²) < 4.78 is 24.6. The van der Waals surface area contributed by atoms with Gasteiger partial charge >= 0.3 is 0 Å². The fraction of sp³-hybridized carbons (Fsp3) is 0.625. The van der Waals surface area contributed by atoms with Crippen molar-refractivity contribution < 1.29 is 8.42 Å². The Kier molecular flexibility index (Phi) is 4.86. The molecule has 0 saturated heterocycles. The Labute approximate surface area is 122 Å². The summed E-state index contributed by atoms with van der Waals surface area (Å²) in [7, 11) is -3.08. The SMILES string of the molecule is CCCC(CNC(C)C)C1CS(=O)(=O)c2ccccc21. The average Bonchev–Trinajstić information content (AvgIpc) is 2.67. The molecule has 1 aliphatic heterocycles. The lowest BCUT2D eigenvalue weighted by molar-refractivity contribution is 0.374. The van der Waals surface area contributed by atoms with Crippen molar-refractivity contribution in [2.45, 2.75) is 50.5 Å². The average molecular weight is 295 g/mol. The topological polar surface area (TPSA) is 46.2 Å². The first kappa shape index (κ1) is 15.5. The molecule has 1 aliphatic rings. The van der Waals surface area contributed by atoms with Gasteiger partial charge in [0.2, 0.25) is 0 Å². The highest BCUT2D eigenvalue weighted by molar-refractivity contribution is 7.91. The van der Waals surface area contributed by atoms with Crippen molar-refractivity contribution in [1.82, 2.24) is 5.32 Å². The molecule has 1 aromatic carbocycles. The Hall–Kier alpha value is -0.870. The number of sulfone groups is 1. The molecule has 3 nitrogen and oxygen atoms in total. The molecule has 0 spiro atoms. The number of nitrogens with one attached hydrogen (secondary N) is 1. The number of rotatable bonds is 6. The third-order valence-electron chi connectivity index (χ3n) is 4.07. The first-order valence-electron chi connectivity index (χ1n) is 7.50. The maximum absolute atomic E-state index is 12.3. The molecule has 2 unspecified atom stereocenters. The summed E-state index contributed by atoms with van der Waals surface area (Å²) in [6.45, 7) is 7.31. The molecule has 1 heterocycles. The highest BCUT2D eigenvalue weighted by atomic mass is 32.2. The first-order chi connectivity index (χ1) is 9.45. The van der Waals surface area contributed by atoms with Gasteiger partial charge in [0, 0.05) is 12.0 Å². The molecule has 20 heavy (non-hydrogen) atoms. The summed E-state index contributed by atoms with van der Waals surface area (Å²) in [5.74, 6) is 0.805. The summed E-state index contributed by atoms with van der Waals surface area (Å²) in [6, 6.07) is 7.94. The smallest absolute Gasteiger partial charge is 0.179 e. The Bertz CT molecular complexity index is 551. The van der Waals surface area contributed by atoms with Crippen LogP contribution in [0.2, 0.25) is 0 Å². The second kappa shape index (κ2) is 6.27. The van der Waals surface area contributed by atoms with Crippen LogP contribution in [0, 0.1) is 5.92 Å². The van der Waals surface area contributed by atoms with Gasteiger partial charge in [0.15, 0.2) is 9.84 Å². The highest BCUT2D eigenvalue weighted by Crippen LogP contribution is 2.40. The van der Waals surface area contributed by atoms with Gasteiger partial charge < -0.3 is 5.32 Å². The van der Waals surface area contributed by atoms with Crippen LogP contribution in [-0.2, 0) is 9.84 Å². The van der Waals surface area contributed by atoms with E-state index in [-0.39, 0.29) is 11.7 Å². The molecule has 0 radical (unpaired) electrons. The lowest BCUT2D eigenvalue weighted by Crippen LogP contribution is -2.32. The molecule has 0 amide bonds. The van der Waals surface area contributed by atoms with Gasteiger partial charge in [-0.25, -0.2) is 8.42 Å². The van der Waals surface area contributed by atoms with Crippen LogP contribution in [0.5, 0.6) is 0 Å². The molecule has 0 saturated carbocycles. The van der Waals surface area contributed by atoms with E-state index in [4.69, 9.17) is 0 Å². The maximum atomic E-state index is 12.3. The zero-order valence-corrected chi connectivity index (χ0v) is 13.4. The number of benzene rings is 1. The Morgan fingerprint density at radius 1 is 1.30 bits per heavy atom. The van der Waals surface area contributed by atoms with Crippen LogP contribution < -0.4 is 5.32 Å². The van der Waals surface area contributed by atoms with Gasteiger partial charge in [-0.1, -0.05) is 45.4 Å². The van der Waals surface area contributed by atoms with Gasteiger partial charge in [-0.3, -0.25) is 0 Å². The lowest BCUT2D eigenvalue weighted by atomic mass is 9.84. The summed E-state index contributed by atoms with van der Waals surface area (Å²) in [4.78, 5) is 0.552.